The van der Waals surface area contributed by atoms with Crippen molar-refractivity contribution in [2.75, 3.05) is 5.88 Å². The fraction of sp³-hybridized carbons (Fsp3) is 0.214. The van der Waals surface area contributed by atoms with E-state index in [0.717, 1.165) is 5.56 Å². The smallest absolute Gasteiger partial charge is 0.263 e. The van der Waals surface area contributed by atoms with E-state index in [9.17, 15) is 4.79 Å². The van der Waals surface area contributed by atoms with E-state index < -0.39 is 5.54 Å². The van der Waals surface area contributed by atoms with Crippen LogP contribution in [0.2, 0.25) is 5.02 Å². The van der Waals surface area contributed by atoms with E-state index in [-0.39, 0.29) is 11.8 Å². The van der Waals surface area contributed by atoms with Crippen LogP contribution in [0.15, 0.2) is 41.8 Å². The molecule has 5 heteroatoms. The Labute approximate surface area is 126 Å². The average Bonchev–Trinajstić information content (AvgIpc) is 2.86. The zero-order valence-electron chi connectivity index (χ0n) is 10.3. The predicted molar refractivity (Wildman–Crippen MR) is 81.3 cm³/mol. The fourth-order valence-electron chi connectivity index (χ4n) is 1.75. The van der Waals surface area contributed by atoms with Gasteiger partial charge in [-0.3, -0.25) is 4.79 Å². The van der Waals surface area contributed by atoms with Gasteiger partial charge in [0.05, 0.1) is 10.6 Å². The van der Waals surface area contributed by atoms with Gasteiger partial charge in [-0.15, -0.1) is 22.9 Å². The number of rotatable bonds is 4. The Morgan fingerprint density at radius 3 is 2.53 bits per heavy atom. The Balaban J connectivity index is 2.25. The predicted octanol–water partition coefficient (Wildman–Crippen LogP) is 4.29. The summed E-state index contributed by atoms with van der Waals surface area (Å²) in [7, 11) is 0. The lowest BCUT2D eigenvalue weighted by Gasteiger charge is -2.29. The summed E-state index contributed by atoms with van der Waals surface area (Å²) in [5, 5.41) is 5.21. The SMILES string of the molecule is CC(CCl)(NC(=O)c1sccc1Cl)c1ccccc1. The molecule has 1 unspecified atom stereocenters. The molecule has 0 saturated carbocycles. The number of carbonyl (C=O) groups is 1. The Bertz CT molecular complexity index is 570. The maximum Gasteiger partial charge on any atom is 0.263 e. The third kappa shape index (κ3) is 3.11. The van der Waals surface area contributed by atoms with E-state index in [4.69, 9.17) is 23.2 Å². The van der Waals surface area contributed by atoms with Crippen LogP contribution < -0.4 is 5.32 Å². The molecule has 0 spiro atoms. The van der Waals surface area contributed by atoms with Crippen LogP contribution >= 0.6 is 34.5 Å². The van der Waals surface area contributed by atoms with Crippen LogP contribution in [-0.4, -0.2) is 11.8 Å². The molecule has 0 saturated heterocycles. The van der Waals surface area contributed by atoms with Gasteiger partial charge in [-0.05, 0) is 23.9 Å². The maximum absolute atomic E-state index is 12.2. The molecule has 2 aromatic rings. The summed E-state index contributed by atoms with van der Waals surface area (Å²) in [6.45, 7) is 1.90. The largest absolute Gasteiger partial charge is 0.341 e. The van der Waals surface area contributed by atoms with E-state index in [1.54, 1.807) is 11.4 Å². The first kappa shape index (κ1) is 14.4. The van der Waals surface area contributed by atoms with E-state index in [2.05, 4.69) is 5.32 Å². The normalized spacial score (nSPS) is 13.8. The van der Waals surface area contributed by atoms with Crippen molar-refractivity contribution in [3.05, 3.63) is 57.2 Å². The molecule has 0 fully saturated rings. The van der Waals surface area contributed by atoms with Gasteiger partial charge in [0, 0.05) is 5.88 Å². The number of benzene rings is 1. The minimum absolute atomic E-state index is 0.202. The summed E-state index contributed by atoms with van der Waals surface area (Å²) in [6, 6.07) is 11.4. The van der Waals surface area contributed by atoms with Crippen molar-refractivity contribution in [3.63, 3.8) is 0 Å². The zero-order valence-corrected chi connectivity index (χ0v) is 12.6. The van der Waals surface area contributed by atoms with Crippen molar-refractivity contribution >= 4 is 40.4 Å². The molecule has 2 nitrogen and oxygen atoms in total. The van der Waals surface area contributed by atoms with Crippen LogP contribution in [0.5, 0.6) is 0 Å². The quantitative estimate of drug-likeness (QED) is 0.838. The number of halogens is 2. The van der Waals surface area contributed by atoms with Gasteiger partial charge < -0.3 is 5.32 Å². The van der Waals surface area contributed by atoms with Crippen molar-refractivity contribution < 1.29 is 4.79 Å². The summed E-state index contributed by atoms with van der Waals surface area (Å²) in [5.41, 5.74) is 0.346. The summed E-state index contributed by atoms with van der Waals surface area (Å²) in [6.07, 6.45) is 0. The summed E-state index contributed by atoms with van der Waals surface area (Å²) >= 11 is 13.3. The topological polar surface area (TPSA) is 29.1 Å². The second kappa shape index (κ2) is 5.95. The number of alkyl halides is 1. The van der Waals surface area contributed by atoms with Crippen molar-refractivity contribution in [2.45, 2.75) is 12.5 Å². The lowest BCUT2D eigenvalue weighted by molar-refractivity contribution is 0.0917. The van der Waals surface area contributed by atoms with Crippen LogP contribution in [-0.2, 0) is 5.54 Å². The molecule has 19 heavy (non-hydrogen) atoms. The zero-order chi connectivity index (χ0) is 13.9. The van der Waals surface area contributed by atoms with E-state index in [1.807, 2.05) is 37.3 Å². The molecule has 1 heterocycles. The minimum Gasteiger partial charge on any atom is -0.341 e. The molecule has 0 aliphatic rings. The van der Waals surface area contributed by atoms with Crippen molar-refractivity contribution in [1.29, 1.82) is 0 Å². The molecule has 0 aliphatic carbocycles. The highest BCUT2D eigenvalue weighted by Gasteiger charge is 2.29. The molecule has 100 valence electrons. The summed E-state index contributed by atoms with van der Waals surface area (Å²) < 4.78 is 0. The minimum atomic E-state index is -0.618. The number of hydrogen-bond acceptors (Lipinski definition) is 2. The van der Waals surface area contributed by atoms with Gasteiger partial charge in [0.2, 0.25) is 0 Å². The molecule has 0 aliphatic heterocycles. The lowest BCUT2D eigenvalue weighted by atomic mass is 9.94. The highest BCUT2D eigenvalue weighted by atomic mass is 35.5. The standard InChI is InChI=1S/C14H13Cl2NOS/c1-14(9-15,10-5-3-2-4-6-10)17-13(18)12-11(16)7-8-19-12/h2-8H,9H2,1H3,(H,17,18). The second-order valence-corrected chi connectivity index (χ2v) is 5.97. The van der Waals surface area contributed by atoms with E-state index in [1.165, 1.54) is 11.3 Å². The highest BCUT2D eigenvalue weighted by molar-refractivity contribution is 7.12. The fourth-order valence-corrected chi connectivity index (χ4v) is 3.01. The van der Waals surface area contributed by atoms with Gasteiger partial charge in [-0.25, -0.2) is 0 Å². The van der Waals surface area contributed by atoms with Gasteiger partial charge in [-0.1, -0.05) is 41.9 Å². The molecule has 1 atom stereocenters. The van der Waals surface area contributed by atoms with Gasteiger partial charge in [0.25, 0.3) is 5.91 Å². The molecule has 2 rings (SSSR count). The number of carbonyl (C=O) groups excluding carboxylic acids is 1. The summed E-state index contributed by atoms with van der Waals surface area (Å²) in [4.78, 5) is 12.7. The highest BCUT2D eigenvalue weighted by Crippen LogP contribution is 2.26. The molecule has 0 radical (unpaired) electrons. The van der Waals surface area contributed by atoms with Gasteiger partial charge in [0.1, 0.15) is 4.88 Å². The van der Waals surface area contributed by atoms with Crippen LogP contribution in [0.1, 0.15) is 22.2 Å². The first-order valence-corrected chi connectivity index (χ1v) is 7.53. The van der Waals surface area contributed by atoms with Crippen LogP contribution in [0, 0.1) is 0 Å². The number of amides is 1. The van der Waals surface area contributed by atoms with Gasteiger partial charge in [-0.2, -0.15) is 0 Å². The molecule has 1 aromatic heterocycles. The first-order valence-electron chi connectivity index (χ1n) is 5.74. The van der Waals surface area contributed by atoms with Crippen LogP contribution in [0.25, 0.3) is 0 Å². The lowest BCUT2D eigenvalue weighted by Crippen LogP contribution is -2.44. The molecular weight excluding hydrogens is 301 g/mol. The third-order valence-electron chi connectivity index (χ3n) is 2.89. The Morgan fingerprint density at radius 1 is 1.32 bits per heavy atom. The monoisotopic (exact) mass is 313 g/mol. The molecular formula is C14H13Cl2NOS. The van der Waals surface area contributed by atoms with Crippen LogP contribution in [0.4, 0.5) is 0 Å². The van der Waals surface area contributed by atoms with E-state index >= 15 is 0 Å². The number of thiophene rings is 1. The van der Waals surface area contributed by atoms with Crippen molar-refractivity contribution in [3.8, 4) is 0 Å². The average molecular weight is 314 g/mol. The second-order valence-electron chi connectivity index (χ2n) is 4.38. The third-order valence-corrected chi connectivity index (χ3v) is 4.77. The van der Waals surface area contributed by atoms with Crippen molar-refractivity contribution in [1.82, 2.24) is 5.32 Å². The number of nitrogens with one attached hydrogen (secondary N) is 1. The Morgan fingerprint density at radius 2 is 2.00 bits per heavy atom. The van der Waals surface area contributed by atoms with Crippen LogP contribution in [0.3, 0.4) is 0 Å². The van der Waals surface area contributed by atoms with E-state index in [0.29, 0.717) is 9.90 Å². The summed E-state index contributed by atoms with van der Waals surface area (Å²) in [5.74, 6) is 0.0816. The molecule has 0 bridgehead atoms. The Kier molecular flexibility index (Phi) is 4.50. The number of hydrogen-bond donors (Lipinski definition) is 1. The maximum atomic E-state index is 12.2. The molecule has 1 N–H and O–H groups in total. The molecule has 1 aromatic carbocycles. The first-order chi connectivity index (χ1) is 9.07. The van der Waals surface area contributed by atoms with Gasteiger partial charge >= 0.3 is 0 Å². The van der Waals surface area contributed by atoms with Crippen molar-refractivity contribution in [2.24, 2.45) is 0 Å². The Hall–Kier alpha value is -1.03. The molecule has 1 amide bonds. The van der Waals surface area contributed by atoms with Gasteiger partial charge in [0.15, 0.2) is 0 Å².